The molecular weight excluding hydrogens is 527 g/mol. The number of benzene rings is 3. The zero-order chi connectivity index (χ0) is 27.7. The highest BCUT2D eigenvalue weighted by Gasteiger charge is 2.53. The van der Waals surface area contributed by atoms with Gasteiger partial charge in [-0.25, -0.2) is 15.0 Å². The van der Waals surface area contributed by atoms with E-state index in [-0.39, 0.29) is 12.2 Å². The Morgan fingerprint density at radius 3 is 1.98 bits per heavy atom. The molecule has 1 saturated heterocycles. The second-order valence-electron chi connectivity index (χ2n) is 9.67. The standard InChI is InChI=1S/C29H29N6O4P/c30-27-24-28(33-17-32-27)35(18-34-24)23-16-22(39-40(31)37)25(38-23)26(36)29(19-10-4-1-5-11-19,20-12-6-2-7-13-20)21-14-8-3-9-15-21/h1-15,17-18,22-23,25-26,36-37H,16,31H2,(H2,30,32,33)/t22-,23+,25-,26?,40?/m0/s1. The summed E-state index contributed by atoms with van der Waals surface area (Å²) in [5.41, 5.74) is 14.3. The molecule has 6 rings (SSSR count). The molecule has 2 aromatic heterocycles. The minimum absolute atomic E-state index is 0.253. The van der Waals surface area contributed by atoms with Crippen molar-refractivity contribution in [2.75, 3.05) is 5.73 Å². The van der Waals surface area contributed by atoms with Crippen molar-refractivity contribution in [2.45, 2.75) is 36.4 Å². The summed E-state index contributed by atoms with van der Waals surface area (Å²) in [6, 6.07) is 29.5. The van der Waals surface area contributed by atoms with Crippen LogP contribution in [-0.2, 0) is 14.7 Å². The van der Waals surface area contributed by atoms with E-state index in [1.165, 1.54) is 6.33 Å². The minimum Gasteiger partial charge on any atom is -0.389 e. The van der Waals surface area contributed by atoms with Crippen molar-refractivity contribution in [1.29, 1.82) is 0 Å². The molecule has 1 aliphatic heterocycles. The highest BCUT2D eigenvalue weighted by atomic mass is 31.2. The minimum atomic E-state index is -2.24. The van der Waals surface area contributed by atoms with E-state index in [1.807, 2.05) is 91.0 Å². The number of imidazole rings is 1. The molecule has 0 spiro atoms. The molecule has 0 aliphatic carbocycles. The maximum atomic E-state index is 12.6. The monoisotopic (exact) mass is 556 g/mol. The van der Waals surface area contributed by atoms with Crippen molar-refractivity contribution in [3.05, 3.63) is 120 Å². The Balaban J connectivity index is 1.51. The molecule has 0 saturated carbocycles. The summed E-state index contributed by atoms with van der Waals surface area (Å²) in [6.45, 7) is 0. The van der Waals surface area contributed by atoms with Crippen LogP contribution >= 0.6 is 8.53 Å². The second kappa shape index (κ2) is 11.0. The van der Waals surface area contributed by atoms with E-state index >= 15 is 0 Å². The van der Waals surface area contributed by atoms with E-state index < -0.39 is 38.5 Å². The van der Waals surface area contributed by atoms with Crippen LogP contribution in [0.1, 0.15) is 29.3 Å². The van der Waals surface area contributed by atoms with Gasteiger partial charge in [-0.1, -0.05) is 91.0 Å². The number of aromatic nitrogens is 4. The molecule has 5 atom stereocenters. The van der Waals surface area contributed by atoms with Gasteiger partial charge in [-0.15, -0.1) is 0 Å². The van der Waals surface area contributed by atoms with E-state index in [9.17, 15) is 10.00 Å². The molecule has 2 unspecified atom stereocenters. The summed E-state index contributed by atoms with van der Waals surface area (Å²) in [7, 11) is -2.24. The van der Waals surface area contributed by atoms with Crippen molar-refractivity contribution in [3.63, 3.8) is 0 Å². The van der Waals surface area contributed by atoms with Gasteiger partial charge in [-0.05, 0) is 16.7 Å². The number of aliphatic hydroxyl groups is 1. The van der Waals surface area contributed by atoms with Gasteiger partial charge < -0.3 is 25.0 Å². The number of rotatable bonds is 8. The predicted octanol–water partition coefficient (Wildman–Crippen LogP) is 3.65. The van der Waals surface area contributed by atoms with Crippen LogP contribution in [-0.4, -0.2) is 47.8 Å². The van der Waals surface area contributed by atoms with E-state index in [4.69, 9.17) is 20.5 Å². The van der Waals surface area contributed by atoms with Crippen LogP contribution < -0.4 is 11.2 Å². The fraction of sp³-hybridized carbons (Fsp3) is 0.207. The van der Waals surface area contributed by atoms with Crippen LogP contribution in [0.15, 0.2) is 104 Å². The summed E-state index contributed by atoms with van der Waals surface area (Å²) in [5.74, 6) is 0.253. The smallest absolute Gasteiger partial charge is 0.250 e. The first-order valence-electron chi connectivity index (χ1n) is 12.8. The van der Waals surface area contributed by atoms with Crippen molar-refractivity contribution >= 4 is 25.5 Å². The Hall–Kier alpha value is -3.76. The van der Waals surface area contributed by atoms with Gasteiger partial charge >= 0.3 is 0 Å². The summed E-state index contributed by atoms with van der Waals surface area (Å²) < 4.78 is 14.2. The number of hydrogen-bond acceptors (Lipinski definition) is 9. The summed E-state index contributed by atoms with van der Waals surface area (Å²) in [4.78, 5) is 22.9. The molecule has 6 N–H and O–H groups in total. The van der Waals surface area contributed by atoms with E-state index in [0.29, 0.717) is 11.2 Å². The van der Waals surface area contributed by atoms with Gasteiger partial charge in [0.15, 0.2) is 11.5 Å². The lowest BCUT2D eigenvalue weighted by Gasteiger charge is -2.43. The fourth-order valence-corrected chi connectivity index (χ4v) is 6.28. The van der Waals surface area contributed by atoms with Crippen LogP contribution in [0.3, 0.4) is 0 Å². The van der Waals surface area contributed by atoms with E-state index in [1.54, 1.807) is 10.9 Å². The molecule has 5 aromatic rings. The van der Waals surface area contributed by atoms with Crippen molar-refractivity contribution in [3.8, 4) is 0 Å². The predicted molar refractivity (Wildman–Crippen MR) is 152 cm³/mol. The molecule has 0 bridgehead atoms. The molecule has 40 heavy (non-hydrogen) atoms. The molecule has 1 fully saturated rings. The molecule has 204 valence electrons. The molecule has 10 nitrogen and oxygen atoms in total. The number of aliphatic hydroxyl groups excluding tert-OH is 1. The summed E-state index contributed by atoms with van der Waals surface area (Å²) >= 11 is 0. The van der Waals surface area contributed by atoms with Gasteiger partial charge in [0.1, 0.15) is 30.3 Å². The van der Waals surface area contributed by atoms with E-state index in [0.717, 1.165) is 16.7 Å². The number of hydrogen-bond donors (Lipinski definition) is 4. The number of nitrogens with zero attached hydrogens (tertiary/aromatic N) is 4. The third kappa shape index (κ3) is 4.54. The average Bonchev–Trinajstić information content (AvgIpc) is 3.60. The lowest BCUT2D eigenvalue weighted by atomic mass is 9.64. The zero-order valence-electron chi connectivity index (χ0n) is 21.4. The maximum absolute atomic E-state index is 12.6. The Morgan fingerprint density at radius 1 is 0.900 bits per heavy atom. The summed E-state index contributed by atoms with van der Waals surface area (Å²) in [5, 5.41) is 12.6. The topological polar surface area (TPSA) is 155 Å². The van der Waals surface area contributed by atoms with Gasteiger partial charge in [0.2, 0.25) is 8.53 Å². The van der Waals surface area contributed by atoms with Crippen LogP contribution in [0.4, 0.5) is 5.82 Å². The SMILES string of the molecule is Nc1ncnc2c1ncn2[C@H]1C[C@H](OP(N)O)[C@@H](C(O)C(c2ccccc2)(c2ccccc2)c2ccccc2)O1. The molecular formula is C29H29N6O4P. The van der Waals surface area contributed by atoms with Crippen molar-refractivity contribution in [2.24, 2.45) is 5.50 Å². The molecule has 1 aliphatic rings. The Kier molecular flexibility index (Phi) is 7.29. The Labute approximate surface area is 232 Å². The molecule has 3 aromatic carbocycles. The number of nitrogens with two attached hydrogens (primary N) is 2. The number of fused-ring (bicyclic) bond motifs is 1. The third-order valence-electron chi connectivity index (χ3n) is 7.50. The van der Waals surface area contributed by atoms with Gasteiger partial charge in [0, 0.05) is 6.42 Å². The molecule has 11 heteroatoms. The number of anilines is 1. The Morgan fingerprint density at radius 2 is 1.45 bits per heavy atom. The normalized spacial score (nSPS) is 20.9. The van der Waals surface area contributed by atoms with Gasteiger partial charge in [0.05, 0.1) is 17.8 Å². The Bertz CT molecular complexity index is 1470. The quantitative estimate of drug-likeness (QED) is 0.166. The lowest BCUT2D eigenvalue weighted by molar-refractivity contribution is -0.0921. The van der Waals surface area contributed by atoms with Crippen LogP contribution in [0.2, 0.25) is 0 Å². The van der Waals surface area contributed by atoms with Crippen LogP contribution in [0.5, 0.6) is 0 Å². The van der Waals surface area contributed by atoms with Crippen LogP contribution in [0.25, 0.3) is 11.2 Å². The number of nitrogen functional groups attached to an aromatic ring is 1. The molecule has 3 heterocycles. The van der Waals surface area contributed by atoms with Gasteiger partial charge in [-0.2, -0.15) is 0 Å². The van der Waals surface area contributed by atoms with Crippen LogP contribution in [0, 0.1) is 0 Å². The van der Waals surface area contributed by atoms with Gasteiger partial charge in [0.25, 0.3) is 0 Å². The molecule has 0 amide bonds. The average molecular weight is 557 g/mol. The maximum Gasteiger partial charge on any atom is 0.250 e. The van der Waals surface area contributed by atoms with Crippen molar-refractivity contribution < 1.29 is 19.3 Å². The second-order valence-corrected chi connectivity index (χ2v) is 10.5. The first kappa shape index (κ1) is 26.5. The third-order valence-corrected chi connectivity index (χ3v) is 7.98. The number of ether oxygens (including phenoxy) is 1. The lowest BCUT2D eigenvalue weighted by Crippen LogP contribution is -2.51. The molecule has 0 radical (unpaired) electrons. The zero-order valence-corrected chi connectivity index (χ0v) is 22.3. The van der Waals surface area contributed by atoms with E-state index in [2.05, 4.69) is 15.0 Å². The van der Waals surface area contributed by atoms with Gasteiger partial charge in [-0.3, -0.25) is 10.1 Å². The highest BCUT2D eigenvalue weighted by Crippen LogP contribution is 2.48. The first-order valence-corrected chi connectivity index (χ1v) is 14.1. The fourth-order valence-electron chi connectivity index (χ4n) is 5.80. The highest BCUT2D eigenvalue weighted by molar-refractivity contribution is 7.43. The summed E-state index contributed by atoms with van der Waals surface area (Å²) in [6.07, 6.45) is -0.213. The first-order chi connectivity index (χ1) is 19.5. The van der Waals surface area contributed by atoms with Crippen molar-refractivity contribution in [1.82, 2.24) is 19.5 Å². The largest absolute Gasteiger partial charge is 0.389 e.